The van der Waals surface area contributed by atoms with Crippen LogP contribution in [0.15, 0.2) is 66.2 Å². The molecule has 0 atom stereocenters. The van der Waals surface area contributed by atoms with Gasteiger partial charge in [-0.1, -0.05) is 57.2 Å². The Morgan fingerprint density at radius 1 is 1.06 bits per heavy atom. The predicted octanol–water partition coefficient (Wildman–Crippen LogP) is 4.90. The Hall–Kier alpha value is -3.25. The van der Waals surface area contributed by atoms with Crippen LogP contribution < -0.4 is 5.32 Å². The van der Waals surface area contributed by atoms with Crippen LogP contribution in [-0.4, -0.2) is 27.6 Å². The molecule has 0 aliphatic rings. The Morgan fingerprint density at radius 2 is 1.81 bits per heavy atom. The van der Waals surface area contributed by atoms with Crippen molar-refractivity contribution in [1.29, 1.82) is 0 Å². The van der Waals surface area contributed by atoms with E-state index in [0.29, 0.717) is 18.7 Å². The standard InChI is InChI=1S/C25H25N3O2S/c1-25(2,3)20-16-31-21(27-20)12-13-26-24(30)23(29)22-19(17-9-5-4-6-10-17)15-18-11-7-8-14-28(18)22/h4-11,14-16H,12-13H2,1-3H3,(H,26,30). The van der Waals surface area contributed by atoms with Crippen LogP contribution >= 0.6 is 11.3 Å². The van der Waals surface area contributed by atoms with Gasteiger partial charge in [0.2, 0.25) is 0 Å². The first-order valence-corrected chi connectivity index (χ1v) is 11.2. The van der Waals surface area contributed by atoms with Gasteiger partial charge >= 0.3 is 0 Å². The molecule has 158 valence electrons. The summed E-state index contributed by atoms with van der Waals surface area (Å²) in [6.07, 6.45) is 2.41. The molecule has 4 aromatic rings. The van der Waals surface area contributed by atoms with Gasteiger partial charge < -0.3 is 9.72 Å². The first-order chi connectivity index (χ1) is 14.8. The molecule has 4 rings (SSSR count). The summed E-state index contributed by atoms with van der Waals surface area (Å²) in [6, 6.07) is 17.3. The fraction of sp³-hybridized carbons (Fsp3) is 0.240. The summed E-state index contributed by atoms with van der Waals surface area (Å²) in [5, 5.41) is 5.79. The number of amides is 1. The molecule has 31 heavy (non-hydrogen) atoms. The molecule has 6 heteroatoms. The zero-order valence-corrected chi connectivity index (χ0v) is 18.7. The lowest BCUT2D eigenvalue weighted by atomic mass is 9.93. The third kappa shape index (κ3) is 4.44. The number of benzene rings is 1. The largest absolute Gasteiger partial charge is 0.349 e. The maximum absolute atomic E-state index is 13.1. The number of nitrogens with one attached hydrogen (secondary N) is 1. The van der Waals surface area contributed by atoms with Crippen LogP contribution in [0.2, 0.25) is 0 Å². The highest BCUT2D eigenvalue weighted by Crippen LogP contribution is 2.28. The molecule has 3 aromatic heterocycles. The average Bonchev–Trinajstić information content (AvgIpc) is 3.38. The van der Waals surface area contributed by atoms with E-state index in [1.807, 2.05) is 60.8 Å². The van der Waals surface area contributed by atoms with Crippen LogP contribution in [0.1, 0.15) is 42.0 Å². The zero-order chi connectivity index (χ0) is 22.0. The fourth-order valence-electron chi connectivity index (χ4n) is 3.43. The lowest BCUT2D eigenvalue weighted by molar-refractivity contribution is -0.117. The van der Waals surface area contributed by atoms with Gasteiger partial charge in [-0.25, -0.2) is 4.98 Å². The molecule has 0 spiro atoms. The smallest absolute Gasteiger partial charge is 0.294 e. The maximum Gasteiger partial charge on any atom is 0.294 e. The van der Waals surface area contributed by atoms with Crippen LogP contribution in [0, 0.1) is 0 Å². The average molecular weight is 432 g/mol. The highest BCUT2D eigenvalue weighted by molar-refractivity contribution is 7.09. The van der Waals surface area contributed by atoms with E-state index in [2.05, 4.69) is 36.5 Å². The molecule has 1 N–H and O–H groups in total. The summed E-state index contributed by atoms with van der Waals surface area (Å²) < 4.78 is 1.78. The van der Waals surface area contributed by atoms with Gasteiger partial charge in [0.05, 0.1) is 10.7 Å². The van der Waals surface area contributed by atoms with Crippen molar-refractivity contribution in [3.05, 3.63) is 82.6 Å². The Bertz CT molecular complexity index is 1230. The lowest BCUT2D eigenvalue weighted by Gasteiger charge is -2.14. The molecule has 0 unspecified atom stereocenters. The molecule has 3 heterocycles. The number of ketones is 1. The van der Waals surface area contributed by atoms with E-state index in [-0.39, 0.29) is 5.41 Å². The normalized spacial score (nSPS) is 11.6. The number of carbonyl (C=O) groups is 2. The number of hydrogen-bond acceptors (Lipinski definition) is 4. The van der Waals surface area contributed by atoms with E-state index in [9.17, 15) is 9.59 Å². The number of fused-ring (bicyclic) bond motifs is 1. The van der Waals surface area contributed by atoms with E-state index < -0.39 is 11.7 Å². The van der Waals surface area contributed by atoms with Crippen molar-refractivity contribution in [2.75, 3.05) is 6.54 Å². The highest BCUT2D eigenvalue weighted by atomic mass is 32.1. The monoisotopic (exact) mass is 431 g/mol. The van der Waals surface area contributed by atoms with Gasteiger partial charge in [-0.2, -0.15) is 0 Å². The van der Waals surface area contributed by atoms with Gasteiger partial charge in [0.1, 0.15) is 5.69 Å². The summed E-state index contributed by atoms with van der Waals surface area (Å²) in [6.45, 7) is 6.74. The highest BCUT2D eigenvalue weighted by Gasteiger charge is 2.24. The molecule has 0 radical (unpaired) electrons. The van der Waals surface area contributed by atoms with Crippen molar-refractivity contribution < 1.29 is 9.59 Å². The van der Waals surface area contributed by atoms with Crippen LogP contribution in [0.3, 0.4) is 0 Å². The summed E-state index contributed by atoms with van der Waals surface area (Å²) >= 11 is 1.58. The van der Waals surface area contributed by atoms with Crippen molar-refractivity contribution in [2.45, 2.75) is 32.6 Å². The van der Waals surface area contributed by atoms with Gasteiger partial charge in [0.25, 0.3) is 11.7 Å². The van der Waals surface area contributed by atoms with Crippen molar-refractivity contribution in [3.8, 4) is 11.1 Å². The van der Waals surface area contributed by atoms with Crippen LogP contribution in [-0.2, 0) is 16.6 Å². The number of pyridine rings is 1. The number of hydrogen-bond donors (Lipinski definition) is 1. The van der Waals surface area contributed by atoms with Crippen molar-refractivity contribution in [3.63, 3.8) is 0 Å². The number of nitrogens with zero attached hydrogens (tertiary/aromatic N) is 2. The van der Waals surface area contributed by atoms with Crippen molar-refractivity contribution >= 4 is 28.5 Å². The molecular formula is C25H25N3O2S. The van der Waals surface area contributed by atoms with Crippen LogP contribution in [0.25, 0.3) is 16.6 Å². The quantitative estimate of drug-likeness (QED) is 0.349. The number of rotatable bonds is 6. The molecule has 0 saturated heterocycles. The van der Waals surface area contributed by atoms with E-state index >= 15 is 0 Å². The second kappa shape index (κ2) is 8.47. The summed E-state index contributed by atoms with van der Waals surface area (Å²) in [5.74, 6) is -1.15. The molecule has 0 aliphatic carbocycles. The molecule has 1 aromatic carbocycles. The van der Waals surface area contributed by atoms with Crippen molar-refractivity contribution in [1.82, 2.24) is 14.7 Å². The van der Waals surface area contributed by atoms with E-state index in [0.717, 1.165) is 27.3 Å². The predicted molar refractivity (Wildman–Crippen MR) is 125 cm³/mol. The Kier molecular flexibility index (Phi) is 5.74. The van der Waals surface area contributed by atoms with Crippen LogP contribution in [0.4, 0.5) is 0 Å². The molecule has 0 saturated carbocycles. The van der Waals surface area contributed by atoms with Gasteiger partial charge in [-0.05, 0) is 23.8 Å². The maximum atomic E-state index is 13.1. The molecule has 1 amide bonds. The van der Waals surface area contributed by atoms with E-state index in [1.54, 1.807) is 15.7 Å². The SMILES string of the molecule is CC(C)(C)c1csc(CCNC(=O)C(=O)c2c(-c3ccccc3)cc3ccccn23)n1. The molecular weight excluding hydrogens is 406 g/mol. The minimum atomic E-state index is -0.603. The molecule has 5 nitrogen and oxygen atoms in total. The second-order valence-electron chi connectivity index (χ2n) is 8.48. The Morgan fingerprint density at radius 3 is 2.52 bits per heavy atom. The second-order valence-corrected chi connectivity index (χ2v) is 9.42. The third-order valence-corrected chi connectivity index (χ3v) is 6.04. The van der Waals surface area contributed by atoms with Gasteiger partial charge in [-0.3, -0.25) is 9.59 Å². The summed E-state index contributed by atoms with van der Waals surface area (Å²) in [4.78, 5) is 30.5. The topological polar surface area (TPSA) is 63.5 Å². The van der Waals surface area contributed by atoms with Gasteiger partial charge in [0.15, 0.2) is 0 Å². The molecule has 0 aliphatic heterocycles. The number of aromatic nitrogens is 2. The zero-order valence-electron chi connectivity index (χ0n) is 17.9. The number of Topliss-reactive ketones (excluding diaryl/α,β-unsaturated/α-hetero) is 1. The van der Waals surface area contributed by atoms with Gasteiger partial charge in [0, 0.05) is 41.0 Å². The number of carbonyl (C=O) groups excluding carboxylic acids is 2. The minimum Gasteiger partial charge on any atom is -0.349 e. The van der Waals surface area contributed by atoms with E-state index in [1.165, 1.54) is 0 Å². The van der Waals surface area contributed by atoms with Crippen molar-refractivity contribution in [2.24, 2.45) is 0 Å². The first-order valence-electron chi connectivity index (χ1n) is 10.3. The third-order valence-electron chi connectivity index (χ3n) is 5.13. The summed E-state index contributed by atoms with van der Waals surface area (Å²) in [7, 11) is 0. The summed E-state index contributed by atoms with van der Waals surface area (Å²) in [5.41, 5.74) is 3.94. The minimum absolute atomic E-state index is 0.00212. The first kappa shape index (κ1) is 21.0. The molecule has 0 fully saturated rings. The number of thiazole rings is 1. The molecule has 0 bridgehead atoms. The Labute approximate surface area is 185 Å². The fourth-order valence-corrected chi connectivity index (χ4v) is 4.46. The Balaban J connectivity index is 1.52. The van der Waals surface area contributed by atoms with E-state index in [4.69, 9.17) is 0 Å². The lowest BCUT2D eigenvalue weighted by Crippen LogP contribution is -2.33. The van der Waals surface area contributed by atoms with Crippen LogP contribution in [0.5, 0.6) is 0 Å². The van der Waals surface area contributed by atoms with Gasteiger partial charge in [-0.15, -0.1) is 11.3 Å².